The van der Waals surface area contributed by atoms with Gasteiger partial charge in [0, 0.05) is 0 Å². The van der Waals surface area contributed by atoms with Gasteiger partial charge in [0.25, 0.3) is 0 Å². The van der Waals surface area contributed by atoms with Crippen LogP contribution in [0.2, 0.25) is 0 Å². The maximum atomic E-state index is 12.6. The molecule has 0 aromatic carbocycles. The first-order valence-electron chi connectivity index (χ1n) is 7.78. The first kappa shape index (κ1) is 18.5. The van der Waals surface area contributed by atoms with Crippen LogP contribution in [0.15, 0.2) is 0 Å². The highest BCUT2D eigenvalue weighted by Crippen LogP contribution is 2.42. The summed E-state index contributed by atoms with van der Waals surface area (Å²) in [5.74, 6) is 0.325. The molecular formula is C17H34O2. The third kappa shape index (κ3) is 5.97. The Balaban J connectivity index is 4.98. The zero-order chi connectivity index (χ0) is 15.3. The molecule has 0 saturated carbocycles. The standard InChI is InChI=1S/C17H34O2/c1-9-11-14(4)19-15(18)17(8,13(3)10-2)12-16(5,6)7/h13-14H,9-12H2,1-8H3. The number of rotatable bonds is 7. The van der Waals surface area contributed by atoms with Crippen molar-refractivity contribution in [3.8, 4) is 0 Å². The van der Waals surface area contributed by atoms with Gasteiger partial charge in [-0.1, -0.05) is 54.4 Å². The summed E-state index contributed by atoms with van der Waals surface area (Å²) in [5.41, 5.74) is -0.250. The molecule has 114 valence electrons. The van der Waals surface area contributed by atoms with Gasteiger partial charge in [0.2, 0.25) is 0 Å². The fourth-order valence-electron chi connectivity index (χ4n) is 2.78. The van der Waals surface area contributed by atoms with Crippen molar-refractivity contribution in [2.24, 2.45) is 16.7 Å². The molecule has 0 aliphatic rings. The second-order valence-electron chi connectivity index (χ2n) is 7.47. The minimum Gasteiger partial charge on any atom is -0.462 e. The van der Waals surface area contributed by atoms with Gasteiger partial charge >= 0.3 is 5.97 Å². The zero-order valence-electron chi connectivity index (χ0n) is 14.3. The van der Waals surface area contributed by atoms with Crippen LogP contribution in [0.3, 0.4) is 0 Å². The lowest BCUT2D eigenvalue weighted by molar-refractivity contribution is -0.165. The molecule has 19 heavy (non-hydrogen) atoms. The number of carbonyl (C=O) groups is 1. The third-order valence-corrected chi connectivity index (χ3v) is 4.07. The Morgan fingerprint density at radius 3 is 2.00 bits per heavy atom. The lowest BCUT2D eigenvalue weighted by Crippen LogP contribution is -2.40. The Morgan fingerprint density at radius 1 is 1.11 bits per heavy atom. The van der Waals surface area contributed by atoms with E-state index in [-0.39, 0.29) is 22.9 Å². The normalized spacial score (nSPS) is 18.5. The molecule has 0 aliphatic carbocycles. The first-order chi connectivity index (χ1) is 8.56. The van der Waals surface area contributed by atoms with Crippen LogP contribution in [0.25, 0.3) is 0 Å². The molecule has 0 amide bonds. The van der Waals surface area contributed by atoms with E-state index in [0.29, 0.717) is 5.92 Å². The van der Waals surface area contributed by atoms with Crippen molar-refractivity contribution >= 4 is 5.97 Å². The van der Waals surface area contributed by atoms with E-state index in [1.54, 1.807) is 0 Å². The Hall–Kier alpha value is -0.530. The maximum absolute atomic E-state index is 12.6. The van der Waals surface area contributed by atoms with Gasteiger partial charge in [-0.3, -0.25) is 4.79 Å². The van der Waals surface area contributed by atoms with Gasteiger partial charge in [-0.05, 0) is 38.0 Å². The Labute approximate surface area is 120 Å². The molecule has 0 aromatic heterocycles. The molecule has 0 rings (SSSR count). The summed E-state index contributed by atoms with van der Waals surface area (Å²) in [4.78, 5) is 12.6. The summed E-state index contributed by atoms with van der Waals surface area (Å²) < 4.78 is 5.69. The van der Waals surface area contributed by atoms with E-state index in [4.69, 9.17) is 4.74 Å². The Morgan fingerprint density at radius 2 is 1.63 bits per heavy atom. The van der Waals surface area contributed by atoms with Gasteiger partial charge in [0.15, 0.2) is 0 Å². The predicted molar refractivity (Wildman–Crippen MR) is 82.1 cm³/mol. The highest BCUT2D eigenvalue weighted by molar-refractivity contribution is 5.77. The number of ether oxygens (including phenoxy) is 1. The monoisotopic (exact) mass is 270 g/mol. The van der Waals surface area contributed by atoms with Gasteiger partial charge in [0.1, 0.15) is 0 Å². The molecule has 2 nitrogen and oxygen atoms in total. The van der Waals surface area contributed by atoms with Crippen LogP contribution in [0.1, 0.15) is 81.1 Å². The Bertz CT molecular complexity index is 277. The van der Waals surface area contributed by atoms with E-state index in [0.717, 1.165) is 25.7 Å². The van der Waals surface area contributed by atoms with Crippen molar-refractivity contribution in [1.29, 1.82) is 0 Å². The fraction of sp³-hybridized carbons (Fsp3) is 0.941. The molecule has 0 aromatic rings. The van der Waals surface area contributed by atoms with E-state index in [1.807, 2.05) is 6.92 Å². The minimum absolute atomic E-state index is 0.0160. The average Bonchev–Trinajstić information content (AvgIpc) is 2.25. The van der Waals surface area contributed by atoms with Crippen LogP contribution in [0.4, 0.5) is 0 Å². The molecule has 0 fully saturated rings. The van der Waals surface area contributed by atoms with Crippen molar-refractivity contribution in [2.45, 2.75) is 87.2 Å². The van der Waals surface area contributed by atoms with E-state index < -0.39 is 0 Å². The second kappa shape index (κ2) is 7.31. The number of hydrogen-bond donors (Lipinski definition) is 0. The van der Waals surface area contributed by atoms with Crippen molar-refractivity contribution in [1.82, 2.24) is 0 Å². The van der Waals surface area contributed by atoms with Gasteiger partial charge in [-0.15, -0.1) is 0 Å². The predicted octanol–water partition coefficient (Wildman–Crippen LogP) is 5.21. The van der Waals surface area contributed by atoms with Crippen LogP contribution < -0.4 is 0 Å². The van der Waals surface area contributed by atoms with Crippen molar-refractivity contribution in [2.75, 3.05) is 0 Å². The lowest BCUT2D eigenvalue weighted by Gasteiger charge is -2.38. The largest absolute Gasteiger partial charge is 0.462 e. The molecule has 3 atom stereocenters. The fourth-order valence-corrected chi connectivity index (χ4v) is 2.78. The van der Waals surface area contributed by atoms with Crippen LogP contribution in [0, 0.1) is 16.7 Å². The second-order valence-corrected chi connectivity index (χ2v) is 7.47. The average molecular weight is 270 g/mol. The molecule has 0 spiro atoms. The van der Waals surface area contributed by atoms with Crippen molar-refractivity contribution < 1.29 is 9.53 Å². The highest BCUT2D eigenvalue weighted by atomic mass is 16.5. The molecule has 0 heterocycles. The maximum Gasteiger partial charge on any atom is 0.312 e. The highest BCUT2D eigenvalue weighted by Gasteiger charge is 2.42. The lowest BCUT2D eigenvalue weighted by atomic mass is 9.67. The van der Waals surface area contributed by atoms with E-state index in [9.17, 15) is 4.79 Å². The van der Waals surface area contributed by atoms with Crippen LogP contribution >= 0.6 is 0 Å². The van der Waals surface area contributed by atoms with E-state index in [1.165, 1.54) is 0 Å². The van der Waals surface area contributed by atoms with Gasteiger partial charge in [-0.2, -0.15) is 0 Å². The SMILES string of the molecule is CCCC(C)OC(=O)C(C)(CC(C)(C)C)C(C)CC. The first-order valence-corrected chi connectivity index (χ1v) is 7.78. The third-order valence-electron chi connectivity index (χ3n) is 4.07. The van der Waals surface area contributed by atoms with Crippen LogP contribution in [-0.4, -0.2) is 12.1 Å². The molecule has 0 aliphatic heterocycles. The molecule has 0 radical (unpaired) electrons. The smallest absolute Gasteiger partial charge is 0.312 e. The summed E-state index contributed by atoms with van der Waals surface area (Å²) in [5, 5.41) is 0. The summed E-state index contributed by atoms with van der Waals surface area (Å²) in [6.45, 7) is 17.1. The van der Waals surface area contributed by atoms with Crippen molar-refractivity contribution in [3.05, 3.63) is 0 Å². The number of esters is 1. The summed E-state index contributed by atoms with van der Waals surface area (Å²) in [7, 11) is 0. The molecule has 0 N–H and O–H groups in total. The van der Waals surface area contributed by atoms with Crippen LogP contribution in [-0.2, 0) is 9.53 Å². The number of hydrogen-bond acceptors (Lipinski definition) is 2. The Kier molecular flexibility index (Phi) is 7.10. The molecule has 3 unspecified atom stereocenters. The topological polar surface area (TPSA) is 26.3 Å². The van der Waals surface area contributed by atoms with Crippen LogP contribution in [0.5, 0.6) is 0 Å². The van der Waals surface area contributed by atoms with Crippen molar-refractivity contribution in [3.63, 3.8) is 0 Å². The molecule has 0 bridgehead atoms. The minimum atomic E-state index is -0.380. The molecular weight excluding hydrogens is 236 g/mol. The summed E-state index contributed by atoms with van der Waals surface area (Å²) in [6, 6.07) is 0. The zero-order valence-corrected chi connectivity index (χ0v) is 14.3. The van der Waals surface area contributed by atoms with Gasteiger partial charge in [0.05, 0.1) is 11.5 Å². The number of carbonyl (C=O) groups excluding carboxylic acids is 1. The quantitative estimate of drug-likeness (QED) is 0.594. The molecule has 2 heteroatoms. The van der Waals surface area contributed by atoms with E-state index in [2.05, 4.69) is 48.5 Å². The van der Waals surface area contributed by atoms with Gasteiger partial charge < -0.3 is 4.74 Å². The van der Waals surface area contributed by atoms with Gasteiger partial charge in [-0.25, -0.2) is 0 Å². The molecule has 0 saturated heterocycles. The summed E-state index contributed by atoms with van der Waals surface area (Å²) >= 11 is 0. The summed E-state index contributed by atoms with van der Waals surface area (Å²) in [6.07, 6.45) is 3.89. The van der Waals surface area contributed by atoms with E-state index >= 15 is 0 Å².